The summed E-state index contributed by atoms with van der Waals surface area (Å²) in [7, 11) is 0. The fourth-order valence-corrected chi connectivity index (χ4v) is 6.97. The maximum atomic E-state index is 12.9. The molecule has 2 heterocycles. The molecule has 0 aromatic heterocycles. The van der Waals surface area contributed by atoms with Gasteiger partial charge in [0.1, 0.15) is 54.9 Å². The van der Waals surface area contributed by atoms with E-state index in [0.29, 0.717) is 13.0 Å². The van der Waals surface area contributed by atoms with Gasteiger partial charge in [0.2, 0.25) is 0 Å². The Bertz CT molecular complexity index is 1060. The number of hydrogen-bond donors (Lipinski definition) is 7. The molecular formula is C44H80O14. The molecule has 0 aromatic carbocycles. The number of aliphatic hydroxyl groups excluding tert-OH is 7. The van der Waals surface area contributed by atoms with Gasteiger partial charge < -0.3 is 64.2 Å². The number of carbonyl (C=O) groups is 1. The lowest BCUT2D eigenvalue weighted by Crippen LogP contribution is -2.61. The molecular weight excluding hydrogens is 752 g/mol. The minimum atomic E-state index is -1.70. The average molecular weight is 833 g/mol. The number of esters is 1. The number of aliphatic hydroxyl groups is 7. The van der Waals surface area contributed by atoms with Crippen LogP contribution >= 0.6 is 0 Å². The Labute approximate surface area is 347 Å². The molecule has 0 spiro atoms. The summed E-state index contributed by atoms with van der Waals surface area (Å²) < 4.78 is 34.1. The lowest BCUT2D eigenvalue weighted by Gasteiger charge is -2.42. The van der Waals surface area contributed by atoms with E-state index in [0.717, 1.165) is 64.2 Å². The lowest BCUT2D eigenvalue weighted by atomic mass is 9.98. The van der Waals surface area contributed by atoms with Crippen molar-refractivity contribution in [3.05, 3.63) is 24.3 Å². The van der Waals surface area contributed by atoms with Gasteiger partial charge in [-0.05, 0) is 38.5 Å². The molecule has 11 atom stereocenters. The Morgan fingerprint density at radius 3 is 1.72 bits per heavy atom. The van der Waals surface area contributed by atoms with E-state index in [2.05, 4.69) is 38.2 Å². The summed E-state index contributed by atoms with van der Waals surface area (Å²) in [6, 6.07) is 0. The van der Waals surface area contributed by atoms with E-state index in [1.807, 2.05) is 0 Å². The maximum absolute atomic E-state index is 12.9. The molecule has 0 bridgehead atoms. The van der Waals surface area contributed by atoms with Crippen LogP contribution in [0.25, 0.3) is 0 Å². The van der Waals surface area contributed by atoms with Crippen molar-refractivity contribution in [3.8, 4) is 0 Å². The van der Waals surface area contributed by atoms with Crippen LogP contribution in [0.4, 0.5) is 0 Å². The summed E-state index contributed by atoms with van der Waals surface area (Å²) in [5.74, 6) is -0.383. The van der Waals surface area contributed by atoms with E-state index in [1.54, 1.807) is 0 Å². The predicted octanol–water partition coefficient (Wildman–Crippen LogP) is 4.90. The van der Waals surface area contributed by atoms with Crippen molar-refractivity contribution in [1.29, 1.82) is 0 Å². The SMILES string of the molecule is CCC/C=C\C/C=C\CCCCCCCCOCC(COC1OC(COC2OC(CO)C(O)C(O)C2O)C(O)C(O)C1O)OC(=O)CCCCCCCCCCCC. The van der Waals surface area contributed by atoms with Crippen molar-refractivity contribution in [2.45, 2.75) is 216 Å². The second-order valence-electron chi connectivity index (χ2n) is 15.9. The molecule has 0 radical (unpaired) electrons. The summed E-state index contributed by atoms with van der Waals surface area (Å²) >= 11 is 0. The zero-order valence-corrected chi connectivity index (χ0v) is 35.5. The maximum Gasteiger partial charge on any atom is 0.306 e. The number of rotatable bonds is 34. The van der Waals surface area contributed by atoms with E-state index in [4.69, 9.17) is 28.4 Å². The van der Waals surface area contributed by atoms with Crippen LogP contribution in [0.15, 0.2) is 24.3 Å². The molecule has 0 aromatic rings. The van der Waals surface area contributed by atoms with E-state index >= 15 is 0 Å². The summed E-state index contributed by atoms with van der Waals surface area (Å²) in [5.41, 5.74) is 0. The van der Waals surface area contributed by atoms with Gasteiger partial charge in [0, 0.05) is 13.0 Å². The number of ether oxygens (including phenoxy) is 6. The second-order valence-corrected chi connectivity index (χ2v) is 15.9. The predicted molar refractivity (Wildman–Crippen MR) is 220 cm³/mol. The molecule has 2 fully saturated rings. The first kappa shape index (κ1) is 52.6. The molecule has 14 heteroatoms. The number of unbranched alkanes of at least 4 members (excludes halogenated alkanes) is 16. The highest BCUT2D eigenvalue weighted by Gasteiger charge is 2.47. The summed E-state index contributed by atoms with van der Waals surface area (Å²) in [4.78, 5) is 12.9. The van der Waals surface area contributed by atoms with Crippen molar-refractivity contribution in [2.24, 2.45) is 0 Å². The Morgan fingerprint density at radius 1 is 0.569 bits per heavy atom. The van der Waals surface area contributed by atoms with E-state index in [9.17, 15) is 40.5 Å². The molecule has 0 aliphatic carbocycles. The van der Waals surface area contributed by atoms with Gasteiger partial charge in [-0.15, -0.1) is 0 Å². The molecule has 0 amide bonds. The zero-order chi connectivity index (χ0) is 42.4. The van der Waals surface area contributed by atoms with E-state index < -0.39 is 80.7 Å². The lowest BCUT2D eigenvalue weighted by molar-refractivity contribution is -0.332. The quantitative estimate of drug-likeness (QED) is 0.0261. The van der Waals surface area contributed by atoms with Gasteiger partial charge in [-0.2, -0.15) is 0 Å². The highest BCUT2D eigenvalue weighted by atomic mass is 16.7. The van der Waals surface area contributed by atoms with Crippen molar-refractivity contribution >= 4 is 5.97 Å². The van der Waals surface area contributed by atoms with Gasteiger partial charge in [-0.1, -0.05) is 128 Å². The van der Waals surface area contributed by atoms with Gasteiger partial charge in [0.05, 0.1) is 26.4 Å². The van der Waals surface area contributed by atoms with Crippen LogP contribution in [0.1, 0.15) is 149 Å². The summed E-state index contributed by atoms with van der Waals surface area (Å²) in [5, 5.41) is 71.8. The molecule has 2 rings (SSSR count). The molecule has 2 saturated heterocycles. The highest BCUT2D eigenvalue weighted by Crippen LogP contribution is 2.26. The largest absolute Gasteiger partial charge is 0.457 e. The van der Waals surface area contributed by atoms with Crippen LogP contribution in [0.2, 0.25) is 0 Å². The normalized spacial score (nSPS) is 28.4. The van der Waals surface area contributed by atoms with Gasteiger partial charge in [-0.25, -0.2) is 0 Å². The van der Waals surface area contributed by atoms with Crippen molar-refractivity contribution in [1.82, 2.24) is 0 Å². The van der Waals surface area contributed by atoms with Crippen LogP contribution in [-0.2, 0) is 33.2 Å². The van der Waals surface area contributed by atoms with E-state index in [-0.39, 0.29) is 25.6 Å². The van der Waals surface area contributed by atoms with Crippen LogP contribution in [0, 0.1) is 0 Å². The molecule has 14 nitrogen and oxygen atoms in total. The number of allylic oxidation sites excluding steroid dienone is 4. The molecule has 11 unspecified atom stereocenters. The van der Waals surface area contributed by atoms with Crippen molar-refractivity contribution < 1.29 is 69.0 Å². The number of hydrogen-bond acceptors (Lipinski definition) is 14. The Hall–Kier alpha value is -1.53. The van der Waals surface area contributed by atoms with Crippen LogP contribution in [0.5, 0.6) is 0 Å². The van der Waals surface area contributed by atoms with E-state index in [1.165, 1.54) is 57.8 Å². The Morgan fingerprint density at radius 2 is 1.10 bits per heavy atom. The molecule has 2 aliphatic rings. The smallest absolute Gasteiger partial charge is 0.306 e. The number of carbonyl (C=O) groups excluding carboxylic acids is 1. The van der Waals surface area contributed by atoms with Crippen LogP contribution in [0.3, 0.4) is 0 Å². The van der Waals surface area contributed by atoms with Crippen LogP contribution < -0.4 is 0 Å². The minimum Gasteiger partial charge on any atom is -0.457 e. The van der Waals surface area contributed by atoms with Gasteiger partial charge in [-0.3, -0.25) is 4.79 Å². The first-order valence-electron chi connectivity index (χ1n) is 22.4. The van der Waals surface area contributed by atoms with Crippen LogP contribution in [-0.4, -0.2) is 142 Å². The Kier molecular flexibility index (Phi) is 30.1. The molecule has 340 valence electrons. The summed E-state index contributed by atoms with van der Waals surface area (Å²) in [6.07, 6.45) is 15.4. The highest BCUT2D eigenvalue weighted by molar-refractivity contribution is 5.69. The molecule has 58 heavy (non-hydrogen) atoms. The topological polar surface area (TPSA) is 214 Å². The monoisotopic (exact) mass is 833 g/mol. The molecule has 2 aliphatic heterocycles. The third-order valence-corrected chi connectivity index (χ3v) is 10.7. The zero-order valence-electron chi connectivity index (χ0n) is 35.5. The standard InChI is InChI=1S/C44H80O14/c1-3-5-7-9-11-13-15-16-17-18-20-22-24-26-28-53-30-33(56-36(46)27-25-23-21-19-14-12-10-8-6-4-2)31-54-43-42(52)40(50)38(48)35(58-43)32-55-44-41(51)39(49)37(47)34(29-45)57-44/h7,9,13,15,33-35,37-45,47-52H,3-6,8,10-12,14,16-32H2,1-2H3/b9-7-,15-13-. The van der Waals surface area contributed by atoms with Gasteiger partial charge in [0.25, 0.3) is 0 Å². The minimum absolute atomic E-state index is 0.0569. The average Bonchev–Trinajstić information content (AvgIpc) is 3.22. The molecule has 7 N–H and O–H groups in total. The molecule has 0 saturated carbocycles. The van der Waals surface area contributed by atoms with Gasteiger partial charge in [0.15, 0.2) is 12.6 Å². The second kappa shape index (κ2) is 33.1. The van der Waals surface area contributed by atoms with Gasteiger partial charge >= 0.3 is 5.97 Å². The first-order chi connectivity index (χ1) is 28.1. The first-order valence-corrected chi connectivity index (χ1v) is 22.4. The fraction of sp³-hybridized carbons (Fsp3) is 0.886. The third kappa shape index (κ3) is 21.8. The van der Waals surface area contributed by atoms with Crippen molar-refractivity contribution in [2.75, 3.05) is 33.0 Å². The van der Waals surface area contributed by atoms with Crippen molar-refractivity contribution in [3.63, 3.8) is 0 Å². The fourth-order valence-electron chi connectivity index (χ4n) is 6.97. The summed E-state index contributed by atoms with van der Waals surface area (Å²) in [6.45, 7) is 3.57. The third-order valence-electron chi connectivity index (χ3n) is 10.7. The Balaban J connectivity index is 1.82.